The van der Waals surface area contributed by atoms with Crippen LogP contribution in [0.5, 0.6) is 0 Å². The number of aliphatic hydroxyl groups excluding tert-OH is 1. The number of fused-ring (bicyclic) bond motifs is 2. The van der Waals surface area contributed by atoms with Gasteiger partial charge in [-0.15, -0.1) is 0 Å². The maximum Gasteiger partial charge on any atom is 0.313 e. The number of hydrogen-bond donors (Lipinski definition) is 2. The van der Waals surface area contributed by atoms with E-state index in [1.165, 1.54) is 4.90 Å². The molecule has 2 aromatic rings. The molecule has 0 unspecified atom stereocenters. The van der Waals surface area contributed by atoms with Crippen molar-refractivity contribution in [2.45, 2.75) is 69.5 Å². The minimum absolute atomic E-state index is 0.0516. The third-order valence-electron chi connectivity index (χ3n) is 10.2. The van der Waals surface area contributed by atoms with Crippen LogP contribution in [0.15, 0.2) is 83.4 Å². The Labute approximate surface area is 289 Å². The minimum Gasteiger partial charge on any atom is -0.455 e. The second-order valence-electron chi connectivity index (χ2n) is 13.1. The summed E-state index contributed by atoms with van der Waals surface area (Å²) in [6, 6.07) is 16.9. The van der Waals surface area contributed by atoms with E-state index in [1.54, 1.807) is 11.0 Å². The number of esters is 1. The highest BCUT2D eigenvalue weighted by Crippen LogP contribution is 2.59. The van der Waals surface area contributed by atoms with E-state index in [-0.39, 0.29) is 50.4 Å². The second-order valence-corrected chi connectivity index (χ2v) is 14.0. The number of rotatable bonds is 7. The van der Waals surface area contributed by atoms with Gasteiger partial charge >= 0.3 is 5.97 Å². The van der Waals surface area contributed by atoms with Gasteiger partial charge in [0, 0.05) is 24.0 Å². The minimum atomic E-state index is -1.47. The molecule has 5 bridgehead atoms. The Morgan fingerprint density at radius 3 is 2.42 bits per heavy atom. The number of cyclic esters (lactones) is 1. The lowest BCUT2D eigenvalue weighted by Gasteiger charge is -2.40. The number of aliphatic hydroxyl groups is 1. The average Bonchev–Trinajstić information content (AvgIpc) is 3.69. The van der Waals surface area contributed by atoms with Gasteiger partial charge in [0.05, 0.1) is 25.1 Å². The van der Waals surface area contributed by atoms with Crippen LogP contribution in [0.1, 0.15) is 50.3 Å². The van der Waals surface area contributed by atoms with Gasteiger partial charge < -0.3 is 29.7 Å². The van der Waals surface area contributed by atoms with Gasteiger partial charge in [0.1, 0.15) is 29.8 Å². The molecule has 1 spiro atoms. The number of nitrogens with zero attached hydrogens (tertiary/aromatic N) is 2. The Morgan fingerprint density at radius 2 is 1.73 bits per heavy atom. The number of benzene rings is 2. The van der Waals surface area contributed by atoms with Crippen molar-refractivity contribution in [3.05, 3.63) is 94.5 Å². The van der Waals surface area contributed by atoms with Crippen molar-refractivity contribution in [3.8, 4) is 0 Å². The Balaban J connectivity index is 1.47. The van der Waals surface area contributed by atoms with Gasteiger partial charge in [-0.25, -0.2) is 0 Å². The summed E-state index contributed by atoms with van der Waals surface area (Å²) in [4.78, 5) is 60.0. The number of carbonyl (C=O) groups excluding carboxylic acids is 4. The van der Waals surface area contributed by atoms with E-state index in [1.807, 2.05) is 86.7 Å². The zero-order chi connectivity index (χ0) is 34.0. The molecule has 3 amide bonds. The first-order chi connectivity index (χ1) is 23.2. The maximum absolute atomic E-state index is 15.0. The summed E-state index contributed by atoms with van der Waals surface area (Å²) in [6.45, 7) is 4.09. The molecule has 4 aliphatic heterocycles. The third-order valence-corrected chi connectivity index (χ3v) is 10.9. The van der Waals surface area contributed by atoms with Crippen molar-refractivity contribution in [3.63, 3.8) is 0 Å². The normalized spacial score (nSPS) is 31.2. The van der Waals surface area contributed by atoms with Crippen LogP contribution < -0.4 is 5.32 Å². The highest BCUT2D eigenvalue weighted by Gasteiger charge is 2.75. The molecule has 4 aliphatic rings. The third kappa shape index (κ3) is 6.23. The fourth-order valence-electron chi connectivity index (χ4n) is 7.53. The number of hydrogen-bond acceptors (Lipinski definition) is 7. The van der Waals surface area contributed by atoms with Crippen LogP contribution in [0.2, 0.25) is 0 Å². The number of nitrogens with one attached hydrogen (secondary N) is 1. The Bertz CT molecular complexity index is 1580. The van der Waals surface area contributed by atoms with Crippen molar-refractivity contribution in [2.75, 3.05) is 19.7 Å². The molecule has 8 atom stereocenters. The molecule has 0 saturated carbocycles. The lowest BCUT2D eigenvalue weighted by atomic mass is 9.74. The number of halogens is 1. The number of allylic oxidation sites excluding steroid dienone is 1. The van der Waals surface area contributed by atoms with Gasteiger partial charge in [0.15, 0.2) is 0 Å². The molecule has 254 valence electrons. The highest BCUT2D eigenvalue weighted by atomic mass is 79.9. The van der Waals surface area contributed by atoms with E-state index in [2.05, 4.69) is 21.2 Å². The molecular formula is C37H42BrN3O7. The lowest BCUT2D eigenvalue weighted by molar-refractivity contribution is -0.161. The summed E-state index contributed by atoms with van der Waals surface area (Å²) in [6.07, 6.45) is 5.17. The summed E-state index contributed by atoms with van der Waals surface area (Å²) in [5, 5.41) is 13.6. The monoisotopic (exact) mass is 719 g/mol. The van der Waals surface area contributed by atoms with Crippen LogP contribution in [0.4, 0.5) is 0 Å². The molecule has 11 heteroatoms. The van der Waals surface area contributed by atoms with E-state index in [0.29, 0.717) is 22.9 Å². The van der Waals surface area contributed by atoms with Crippen molar-refractivity contribution in [1.82, 2.24) is 15.1 Å². The molecule has 48 heavy (non-hydrogen) atoms. The van der Waals surface area contributed by atoms with E-state index in [9.17, 15) is 19.5 Å². The summed E-state index contributed by atoms with van der Waals surface area (Å²) < 4.78 is 13.4. The molecular weight excluding hydrogens is 678 g/mol. The van der Waals surface area contributed by atoms with Crippen molar-refractivity contribution >= 4 is 39.6 Å². The van der Waals surface area contributed by atoms with Gasteiger partial charge in [0.2, 0.25) is 17.7 Å². The number of carbonyl (C=O) groups is 4. The average molecular weight is 721 g/mol. The standard InChI is InChI=1S/C37H42BrN3O7/c1-3-23(2)27(22-42)41-33-35(45)40(21-24-13-7-4-8-14-24)18-12-6-11-17-29(43)39-20-28(25-15-9-5-10-16-25)47-36(46)30-31(34(41)44)37(33)19-26(38)32(30)48-37/h4-10,12-16,19,23,27-28,30-33,42H,3,11,17-18,20-22H2,1-2H3,(H,39,43)/b12-6-/t23-,27-,28-,30-,31+,32-,33-,37+/m0/s1. The fourth-order valence-corrected chi connectivity index (χ4v) is 8.27. The van der Waals surface area contributed by atoms with Gasteiger partial charge in [-0.2, -0.15) is 0 Å². The summed E-state index contributed by atoms with van der Waals surface area (Å²) in [7, 11) is 0. The van der Waals surface area contributed by atoms with Crippen molar-refractivity contribution in [1.29, 1.82) is 0 Å². The smallest absolute Gasteiger partial charge is 0.313 e. The van der Waals surface area contributed by atoms with Crippen LogP contribution in [0.3, 0.4) is 0 Å². The van der Waals surface area contributed by atoms with Crippen molar-refractivity contribution < 1.29 is 33.8 Å². The fraction of sp³-hybridized carbons (Fsp3) is 0.459. The van der Waals surface area contributed by atoms with E-state index < -0.39 is 53.6 Å². The Morgan fingerprint density at radius 1 is 1.02 bits per heavy atom. The largest absolute Gasteiger partial charge is 0.455 e. The second kappa shape index (κ2) is 14.4. The summed E-state index contributed by atoms with van der Waals surface area (Å²) >= 11 is 3.61. The zero-order valence-electron chi connectivity index (χ0n) is 27.2. The summed E-state index contributed by atoms with van der Waals surface area (Å²) in [5.41, 5.74) is 0.126. The predicted molar refractivity (Wildman–Crippen MR) is 181 cm³/mol. The molecule has 2 saturated heterocycles. The van der Waals surface area contributed by atoms with Crippen LogP contribution in [0, 0.1) is 17.8 Å². The molecule has 0 aliphatic carbocycles. The maximum atomic E-state index is 15.0. The Kier molecular flexibility index (Phi) is 10.2. The zero-order valence-corrected chi connectivity index (χ0v) is 28.8. The van der Waals surface area contributed by atoms with Crippen LogP contribution >= 0.6 is 15.9 Å². The van der Waals surface area contributed by atoms with Crippen LogP contribution in [-0.4, -0.2) is 82.1 Å². The number of amides is 3. The first-order valence-corrected chi connectivity index (χ1v) is 17.5. The van der Waals surface area contributed by atoms with E-state index in [4.69, 9.17) is 9.47 Å². The molecule has 2 aromatic carbocycles. The van der Waals surface area contributed by atoms with E-state index in [0.717, 1.165) is 5.56 Å². The SMILES string of the molecule is CC[C@H](C)[C@H](CO)N1C(=O)[C@H]2[C@@H]3C(=O)O[C@H](c4ccccc4)CNC(=O)CC/C=C\CN(Cc4ccccc4)C(=O)[C@H]1[C@@]21C=C(Br)[C@@H]3O1. The van der Waals surface area contributed by atoms with E-state index >= 15 is 4.79 Å². The van der Waals surface area contributed by atoms with Crippen LogP contribution in [-0.2, 0) is 35.2 Å². The first kappa shape index (κ1) is 34.1. The predicted octanol–water partition coefficient (Wildman–Crippen LogP) is 4.05. The van der Waals surface area contributed by atoms with Gasteiger partial charge in [-0.05, 0) is 29.5 Å². The molecule has 0 radical (unpaired) electrons. The molecule has 2 fully saturated rings. The van der Waals surface area contributed by atoms with Crippen LogP contribution in [0.25, 0.3) is 0 Å². The van der Waals surface area contributed by atoms with Crippen molar-refractivity contribution in [2.24, 2.45) is 17.8 Å². The molecule has 4 heterocycles. The summed E-state index contributed by atoms with van der Waals surface area (Å²) in [5.74, 6) is -3.89. The van der Waals surface area contributed by atoms with Gasteiger partial charge in [-0.3, -0.25) is 19.2 Å². The highest BCUT2D eigenvalue weighted by molar-refractivity contribution is 9.11. The lowest BCUT2D eigenvalue weighted by Crippen LogP contribution is -2.59. The quantitative estimate of drug-likeness (QED) is 0.327. The molecule has 6 rings (SSSR count). The molecule has 0 aromatic heterocycles. The number of ether oxygens (including phenoxy) is 2. The first-order valence-electron chi connectivity index (χ1n) is 16.7. The van der Waals surface area contributed by atoms with Gasteiger partial charge in [0.25, 0.3) is 0 Å². The molecule has 2 N–H and O–H groups in total. The molecule has 10 nitrogen and oxygen atoms in total. The topological polar surface area (TPSA) is 125 Å². The Hall–Kier alpha value is -3.80. The van der Waals surface area contributed by atoms with Gasteiger partial charge in [-0.1, -0.05) is 109 Å². The number of likely N-dealkylation sites (tertiary alicyclic amines) is 1.